The predicted octanol–water partition coefficient (Wildman–Crippen LogP) is 4.09. The van der Waals surface area contributed by atoms with E-state index in [0.29, 0.717) is 16.6 Å². The zero-order valence-electron chi connectivity index (χ0n) is 18.6. The van der Waals surface area contributed by atoms with Gasteiger partial charge in [-0.1, -0.05) is 17.4 Å². The van der Waals surface area contributed by atoms with Crippen molar-refractivity contribution >= 4 is 45.3 Å². The van der Waals surface area contributed by atoms with Crippen molar-refractivity contribution in [3.63, 3.8) is 0 Å². The molecular formula is C23H20N6O3S2. The number of nitrogens with zero attached hydrogens (tertiary/aromatic N) is 5. The van der Waals surface area contributed by atoms with Gasteiger partial charge in [0.25, 0.3) is 5.91 Å². The normalized spacial score (nSPS) is 15.1. The lowest BCUT2D eigenvalue weighted by Crippen LogP contribution is -2.47. The summed E-state index contributed by atoms with van der Waals surface area (Å²) in [5.41, 5.74) is 2.95. The Morgan fingerprint density at radius 2 is 2.03 bits per heavy atom. The Balaban J connectivity index is 1.47. The van der Waals surface area contributed by atoms with Crippen LogP contribution in [0, 0.1) is 13.8 Å². The van der Waals surface area contributed by atoms with Crippen molar-refractivity contribution in [2.75, 3.05) is 16.8 Å². The Bertz CT molecular complexity index is 1380. The second kappa shape index (κ2) is 8.92. The van der Waals surface area contributed by atoms with Crippen LogP contribution in [-0.2, 0) is 9.59 Å². The molecule has 0 saturated heterocycles. The monoisotopic (exact) mass is 492 g/mol. The average molecular weight is 493 g/mol. The van der Waals surface area contributed by atoms with Crippen LogP contribution in [0.2, 0.25) is 0 Å². The fraction of sp³-hybridized carbons (Fsp3) is 0.217. The molecule has 1 unspecified atom stereocenters. The van der Waals surface area contributed by atoms with Gasteiger partial charge in [0.1, 0.15) is 22.3 Å². The summed E-state index contributed by atoms with van der Waals surface area (Å²) in [5.74, 6) is -0.122. The van der Waals surface area contributed by atoms with Gasteiger partial charge in [0.2, 0.25) is 11.0 Å². The lowest BCUT2D eigenvalue weighted by molar-refractivity contribution is -0.127. The van der Waals surface area contributed by atoms with Crippen LogP contribution in [0.5, 0.6) is 5.75 Å². The Kier molecular flexibility index (Phi) is 5.80. The van der Waals surface area contributed by atoms with Crippen LogP contribution >= 0.6 is 22.7 Å². The van der Waals surface area contributed by atoms with E-state index in [-0.39, 0.29) is 18.4 Å². The molecule has 9 nitrogen and oxygen atoms in total. The van der Waals surface area contributed by atoms with Crippen molar-refractivity contribution < 1.29 is 14.3 Å². The van der Waals surface area contributed by atoms with E-state index in [2.05, 4.69) is 20.5 Å². The summed E-state index contributed by atoms with van der Waals surface area (Å²) in [6.45, 7) is 5.30. The number of pyridine rings is 1. The lowest BCUT2D eigenvalue weighted by atomic mass is 10.1. The van der Waals surface area contributed by atoms with Crippen LogP contribution < -0.4 is 15.0 Å². The van der Waals surface area contributed by atoms with Gasteiger partial charge in [0.05, 0.1) is 17.1 Å². The van der Waals surface area contributed by atoms with Crippen molar-refractivity contribution in [1.29, 1.82) is 0 Å². The number of nitrogens with one attached hydrogen (secondary N) is 1. The zero-order chi connectivity index (χ0) is 23.8. The number of anilines is 2. The first-order valence-corrected chi connectivity index (χ1v) is 12.1. The van der Waals surface area contributed by atoms with Crippen LogP contribution in [0.3, 0.4) is 0 Å². The van der Waals surface area contributed by atoms with Gasteiger partial charge in [-0.05, 0) is 51.1 Å². The summed E-state index contributed by atoms with van der Waals surface area (Å²) >= 11 is 2.83. The fourth-order valence-electron chi connectivity index (χ4n) is 3.63. The molecule has 2 amide bonds. The van der Waals surface area contributed by atoms with Crippen molar-refractivity contribution in [1.82, 2.24) is 20.2 Å². The third-order valence-electron chi connectivity index (χ3n) is 5.20. The van der Waals surface area contributed by atoms with Crippen LogP contribution in [-0.4, -0.2) is 44.6 Å². The van der Waals surface area contributed by atoms with E-state index >= 15 is 0 Å². The number of rotatable bonds is 5. The highest BCUT2D eigenvalue weighted by Gasteiger charge is 2.33. The second-order valence-electron chi connectivity index (χ2n) is 7.68. The molecule has 0 radical (unpaired) electrons. The number of benzene rings is 1. The summed E-state index contributed by atoms with van der Waals surface area (Å²) in [7, 11) is 0. The van der Waals surface area contributed by atoms with E-state index in [1.807, 2.05) is 43.3 Å². The first-order valence-electron chi connectivity index (χ1n) is 10.5. The van der Waals surface area contributed by atoms with Crippen LogP contribution in [0.15, 0.2) is 42.6 Å². The number of thiazole rings is 1. The molecule has 0 fully saturated rings. The molecule has 172 valence electrons. The number of aryl methyl sites for hydroxylation is 2. The predicted molar refractivity (Wildman–Crippen MR) is 131 cm³/mol. The Labute approximate surface area is 203 Å². The number of carbonyl (C=O) groups is 2. The molecule has 1 aromatic carbocycles. The third kappa shape index (κ3) is 4.27. The molecule has 11 heteroatoms. The summed E-state index contributed by atoms with van der Waals surface area (Å²) in [6.07, 6.45) is 1.03. The van der Waals surface area contributed by atoms with Crippen molar-refractivity contribution in [3.05, 3.63) is 52.5 Å². The van der Waals surface area contributed by atoms with Gasteiger partial charge in [-0.3, -0.25) is 24.8 Å². The fourth-order valence-corrected chi connectivity index (χ4v) is 5.15. The smallest absolute Gasteiger partial charge is 0.268 e. The number of carbonyl (C=O) groups excluding carboxylic acids is 2. The molecule has 5 rings (SSSR count). The van der Waals surface area contributed by atoms with Crippen molar-refractivity contribution in [3.8, 4) is 27.7 Å². The number of aromatic nitrogens is 4. The van der Waals surface area contributed by atoms with Gasteiger partial charge in [-0.2, -0.15) is 0 Å². The molecule has 3 aromatic heterocycles. The molecule has 34 heavy (non-hydrogen) atoms. The number of hydrogen-bond donors (Lipinski definition) is 1. The number of fused-ring (bicyclic) bond motifs is 1. The highest BCUT2D eigenvalue weighted by Crippen LogP contribution is 2.40. The summed E-state index contributed by atoms with van der Waals surface area (Å²) in [4.78, 5) is 37.3. The van der Waals surface area contributed by atoms with Crippen molar-refractivity contribution in [2.24, 2.45) is 0 Å². The highest BCUT2D eigenvalue weighted by atomic mass is 32.1. The number of hydrogen-bond acceptors (Lipinski definition) is 9. The highest BCUT2D eigenvalue weighted by molar-refractivity contribution is 7.15. The molecule has 1 atom stereocenters. The Morgan fingerprint density at radius 1 is 1.18 bits per heavy atom. The molecule has 1 aliphatic rings. The molecule has 0 bridgehead atoms. The number of ether oxygens (including phenoxy) is 1. The van der Waals surface area contributed by atoms with Crippen LogP contribution in [0.1, 0.15) is 16.8 Å². The first kappa shape index (κ1) is 22.1. The Morgan fingerprint density at radius 3 is 2.76 bits per heavy atom. The first-order chi connectivity index (χ1) is 16.4. The SMILES string of the molecule is Cc1nnc(NC(=O)CN2C(=O)C(C)Oc3ccc(-c4nc(-c5ccccn5)sc4C)cc32)s1. The molecule has 1 N–H and O–H groups in total. The minimum Gasteiger partial charge on any atom is -0.479 e. The van der Waals surface area contributed by atoms with E-state index in [1.165, 1.54) is 16.2 Å². The molecule has 0 aliphatic carbocycles. The summed E-state index contributed by atoms with van der Waals surface area (Å²) < 4.78 is 5.80. The summed E-state index contributed by atoms with van der Waals surface area (Å²) in [6, 6.07) is 11.3. The molecular weight excluding hydrogens is 472 g/mol. The van der Waals surface area contributed by atoms with Gasteiger partial charge < -0.3 is 4.74 Å². The zero-order valence-corrected chi connectivity index (χ0v) is 20.2. The van der Waals surface area contributed by atoms with Gasteiger partial charge in [-0.15, -0.1) is 21.5 Å². The standard InChI is InChI=1S/C23H20N6O3S2/c1-12-22(31)29(11-19(30)25-23-28-27-14(3)34-23)17-10-15(7-8-18(17)32-12)20-13(2)33-21(26-20)16-6-4-5-9-24-16/h4-10,12H,11H2,1-3H3,(H,25,28,30). The maximum Gasteiger partial charge on any atom is 0.268 e. The van der Waals surface area contributed by atoms with E-state index < -0.39 is 6.10 Å². The topological polar surface area (TPSA) is 110 Å². The molecule has 0 spiro atoms. The molecule has 4 aromatic rings. The van der Waals surface area contributed by atoms with Gasteiger partial charge in [0.15, 0.2) is 6.10 Å². The molecule has 4 heterocycles. The van der Waals surface area contributed by atoms with E-state index in [9.17, 15) is 9.59 Å². The minimum atomic E-state index is -0.702. The van der Waals surface area contributed by atoms with E-state index in [4.69, 9.17) is 9.72 Å². The third-order valence-corrected chi connectivity index (χ3v) is 6.94. The molecule has 0 saturated carbocycles. The average Bonchev–Trinajstić information content (AvgIpc) is 3.42. The number of amides is 2. The van der Waals surface area contributed by atoms with Gasteiger partial charge in [0, 0.05) is 16.6 Å². The largest absolute Gasteiger partial charge is 0.479 e. The second-order valence-corrected chi connectivity index (χ2v) is 10.1. The molecule has 1 aliphatic heterocycles. The van der Waals surface area contributed by atoms with E-state index in [0.717, 1.165) is 31.8 Å². The lowest BCUT2D eigenvalue weighted by Gasteiger charge is -2.32. The van der Waals surface area contributed by atoms with Crippen LogP contribution in [0.4, 0.5) is 10.8 Å². The maximum absolute atomic E-state index is 13.0. The van der Waals surface area contributed by atoms with Gasteiger partial charge >= 0.3 is 0 Å². The Hall–Kier alpha value is -3.70. The van der Waals surface area contributed by atoms with E-state index in [1.54, 1.807) is 31.4 Å². The summed E-state index contributed by atoms with van der Waals surface area (Å²) in [5, 5.41) is 12.5. The van der Waals surface area contributed by atoms with Gasteiger partial charge in [-0.25, -0.2) is 4.98 Å². The maximum atomic E-state index is 13.0. The quantitative estimate of drug-likeness (QED) is 0.447. The minimum absolute atomic E-state index is 0.170. The van der Waals surface area contributed by atoms with Crippen molar-refractivity contribution in [2.45, 2.75) is 26.9 Å². The van der Waals surface area contributed by atoms with Crippen LogP contribution in [0.25, 0.3) is 22.0 Å².